The summed E-state index contributed by atoms with van der Waals surface area (Å²) in [5.41, 5.74) is -2.02. The first-order chi connectivity index (χ1) is 11.2. The van der Waals surface area contributed by atoms with Gasteiger partial charge in [0.2, 0.25) is 0 Å². The van der Waals surface area contributed by atoms with E-state index < -0.39 is 23.3 Å². The van der Waals surface area contributed by atoms with E-state index in [2.05, 4.69) is 10.4 Å². The second kappa shape index (κ2) is 6.13. The van der Waals surface area contributed by atoms with E-state index in [1.54, 1.807) is 0 Å². The van der Waals surface area contributed by atoms with Crippen LogP contribution >= 0.6 is 34.8 Å². The lowest BCUT2D eigenvalue weighted by Crippen LogP contribution is -2.28. The van der Waals surface area contributed by atoms with Crippen molar-refractivity contribution < 1.29 is 18.0 Å². The van der Waals surface area contributed by atoms with Crippen LogP contribution in [0.1, 0.15) is 28.9 Å². The summed E-state index contributed by atoms with van der Waals surface area (Å²) in [7, 11) is 0. The number of alkyl halides is 3. The molecule has 1 heterocycles. The van der Waals surface area contributed by atoms with Crippen molar-refractivity contribution in [3.8, 4) is 5.69 Å². The van der Waals surface area contributed by atoms with Gasteiger partial charge in [-0.2, -0.15) is 18.3 Å². The molecule has 1 aliphatic rings. The van der Waals surface area contributed by atoms with Gasteiger partial charge in [-0.05, 0) is 25.0 Å². The highest BCUT2D eigenvalue weighted by Gasteiger charge is 2.42. The lowest BCUT2D eigenvalue weighted by molar-refractivity contribution is -0.143. The van der Waals surface area contributed by atoms with E-state index in [1.807, 2.05) is 0 Å². The van der Waals surface area contributed by atoms with E-state index >= 15 is 0 Å². The third kappa shape index (κ3) is 3.34. The maximum atomic E-state index is 13.5. The number of rotatable bonds is 3. The van der Waals surface area contributed by atoms with Gasteiger partial charge in [0, 0.05) is 11.1 Å². The highest BCUT2D eigenvalue weighted by atomic mass is 35.5. The van der Waals surface area contributed by atoms with Crippen LogP contribution in [0, 0.1) is 0 Å². The molecule has 0 unspecified atom stereocenters. The molecular weight excluding hydrogens is 390 g/mol. The van der Waals surface area contributed by atoms with Gasteiger partial charge < -0.3 is 5.32 Å². The number of carbonyl (C=O) groups excluding carboxylic acids is 1. The van der Waals surface area contributed by atoms with E-state index in [1.165, 1.54) is 12.1 Å². The van der Waals surface area contributed by atoms with Gasteiger partial charge in [0.15, 0.2) is 5.69 Å². The van der Waals surface area contributed by atoms with Crippen LogP contribution in [0.15, 0.2) is 18.3 Å². The fraction of sp³-hybridized carbons (Fsp3) is 0.286. The summed E-state index contributed by atoms with van der Waals surface area (Å²) in [4.78, 5) is 12.1. The zero-order valence-electron chi connectivity index (χ0n) is 11.8. The molecule has 1 saturated carbocycles. The van der Waals surface area contributed by atoms with E-state index in [4.69, 9.17) is 34.8 Å². The zero-order valence-corrected chi connectivity index (χ0v) is 14.1. The summed E-state index contributed by atoms with van der Waals surface area (Å²) in [6, 6.07) is 2.40. The van der Waals surface area contributed by atoms with Crippen LogP contribution in [-0.2, 0) is 6.18 Å². The predicted molar refractivity (Wildman–Crippen MR) is 84.1 cm³/mol. The van der Waals surface area contributed by atoms with Gasteiger partial charge in [-0.15, -0.1) is 0 Å². The molecule has 3 rings (SSSR count). The quantitative estimate of drug-likeness (QED) is 0.811. The topological polar surface area (TPSA) is 46.9 Å². The Morgan fingerprint density at radius 3 is 2.29 bits per heavy atom. The van der Waals surface area contributed by atoms with Crippen molar-refractivity contribution in [2.75, 3.05) is 0 Å². The predicted octanol–water partition coefficient (Wildman–Crippen LogP) is 4.74. The van der Waals surface area contributed by atoms with E-state index in [0.29, 0.717) is 4.68 Å². The molecular formula is C14H9Cl3F3N3O. The summed E-state index contributed by atoms with van der Waals surface area (Å²) in [6.45, 7) is 0. The number of nitrogens with zero attached hydrogens (tertiary/aromatic N) is 2. The Labute approximate surface area is 149 Å². The number of hydrogen-bond acceptors (Lipinski definition) is 2. The van der Waals surface area contributed by atoms with Crippen LogP contribution in [0.4, 0.5) is 13.2 Å². The first kappa shape index (κ1) is 17.4. The molecule has 1 amide bonds. The minimum Gasteiger partial charge on any atom is -0.349 e. The van der Waals surface area contributed by atoms with Crippen LogP contribution < -0.4 is 5.32 Å². The van der Waals surface area contributed by atoms with Gasteiger partial charge in [-0.3, -0.25) is 4.79 Å². The first-order valence-electron chi connectivity index (χ1n) is 6.79. The molecule has 0 atom stereocenters. The van der Waals surface area contributed by atoms with Crippen LogP contribution in [0.2, 0.25) is 15.1 Å². The van der Waals surface area contributed by atoms with Crippen LogP contribution in [0.5, 0.6) is 0 Å². The Bertz CT molecular complexity index is 792. The van der Waals surface area contributed by atoms with Crippen molar-refractivity contribution in [2.24, 2.45) is 0 Å². The maximum Gasteiger partial charge on any atom is 0.434 e. The van der Waals surface area contributed by atoms with Crippen LogP contribution in [0.25, 0.3) is 5.69 Å². The second-order valence-electron chi connectivity index (χ2n) is 5.28. The molecule has 1 aliphatic carbocycles. The van der Waals surface area contributed by atoms with Gasteiger partial charge in [0.25, 0.3) is 5.91 Å². The molecule has 0 spiro atoms. The number of aromatic nitrogens is 2. The standard InChI is InChI=1S/C14H9Cl3F3N3O/c15-6-3-9(16)11(10(17)4-6)23-12(14(18,19)20)8(5-21-23)13(24)22-7-1-2-7/h3-5,7H,1-2H2,(H,22,24). The molecule has 1 aromatic heterocycles. The molecule has 1 aromatic carbocycles. The van der Waals surface area contributed by atoms with Gasteiger partial charge in [-0.25, -0.2) is 4.68 Å². The lowest BCUT2D eigenvalue weighted by Gasteiger charge is -2.15. The van der Waals surface area contributed by atoms with Gasteiger partial charge >= 0.3 is 6.18 Å². The molecule has 0 aliphatic heterocycles. The number of carbonyl (C=O) groups is 1. The van der Waals surface area contributed by atoms with Crippen LogP contribution in [0.3, 0.4) is 0 Å². The van der Waals surface area contributed by atoms with E-state index in [9.17, 15) is 18.0 Å². The van der Waals surface area contributed by atoms with Crippen molar-refractivity contribution in [1.82, 2.24) is 15.1 Å². The third-order valence-corrected chi connectivity index (χ3v) is 4.18. The van der Waals surface area contributed by atoms with Crippen molar-refractivity contribution in [1.29, 1.82) is 0 Å². The Morgan fingerprint density at radius 1 is 1.21 bits per heavy atom. The molecule has 2 aromatic rings. The Morgan fingerprint density at radius 2 is 1.79 bits per heavy atom. The number of nitrogens with one attached hydrogen (secondary N) is 1. The van der Waals surface area contributed by atoms with Crippen molar-refractivity contribution in [3.05, 3.63) is 44.7 Å². The molecule has 4 nitrogen and oxygen atoms in total. The molecule has 128 valence electrons. The van der Waals surface area contributed by atoms with Gasteiger partial charge in [0.05, 0.1) is 21.8 Å². The number of amides is 1. The highest BCUT2D eigenvalue weighted by molar-refractivity contribution is 6.40. The smallest absolute Gasteiger partial charge is 0.349 e. The SMILES string of the molecule is O=C(NC1CC1)c1cnn(-c2c(Cl)cc(Cl)cc2Cl)c1C(F)(F)F. The highest BCUT2D eigenvalue weighted by Crippen LogP contribution is 2.38. The fourth-order valence-corrected chi connectivity index (χ4v) is 3.16. The molecule has 0 radical (unpaired) electrons. The normalized spacial score (nSPS) is 14.8. The minimum absolute atomic E-state index is 0.0929. The Hall–Kier alpha value is -1.44. The number of hydrogen-bond donors (Lipinski definition) is 1. The van der Waals surface area contributed by atoms with E-state index in [-0.39, 0.29) is 26.8 Å². The molecule has 1 N–H and O–H groups in total. The summed E-state index contributed by atoms with van der Waals surface area (Å²) in [6.07, 6.45) is -2.49. The molecule has 1 fully saturated rings. The molecule has 24 heavy (non-hydrogen) atoms. The average molecular weight is 399 g/mol. The van der Waals surface area contributed by atoms with Crippen LogP contribution in [-0.4, -0.2) is 21.7 Å². The van der Waals surface area contributed by atoms with Crippen molar-refractivity contribution in [3.63, 3.8) is 0 Å². The largest absolute Gasteiger partial charge is 0.434 e. The van der Waals surface area contributed by atoms with Gasteiger partial charge in [-0.1, -0.05) is 34.8 Å². The Balaban J connectivity index is 2.15. The molecule has 0 saturated heterocycles. The summed E-state index contributed by atoms with van der Waals surface area (Å²) < 4.78 is 41.1. The fourth-order valence-electron chi connectivity index (χ4n) is 2.18. The van der Waals surface area contributed by atoms with Crippen molar-refractivity contribution >= 4 is 40.7 Å². The summed E-state index contributed by atoms with van der Waals surface area (Å²) >= 11 is 17.7. The number of halogens is 6. The van der Waals surface area contributed by atoms with E-state index in [0.717, 1.165) is 19.0 Å². The first-order valence-corrected chi connectivity index (χ1v) is 7.93. The molecule has 10 heteroatoms. The monoisotopic (exact) mass is 397 g/mol. The average Bonchev–Trinajstić information content (AvgIpc) is 3.12. The minimum atomic E-state index is -4.83. The van der Waals surface area contributed by atoms with Gasteiger partial charge in [0.1, 0.15) is 5.69 Å². The number of benzene rings is 1. The maximum absolute atomic E-state index is 13.5. The molecule has 0 bridgehead atoms. The summed E-state index contributed by atoms with van der Waals surface area (Å²) in [5.74, 6) is -0.836. The lowest BCUT2D eigenvalue weighted by atomic mass is 10.2. The third-order valence-electron chi connectivity index (χ3n) is 3.39. The second-order valence-corrected chi connectivity index (χ2v) is 6.53. The Kier molecular flexibility index (Phi) is 4.44. The summed E-state index contributed by atoms with van der Waals surface area (Å²) in [5, 5.41) is 6.12. The van der Waals surface area contributed by atoms with Crippen molar-refractivity contribution in [2.45, 2.75) is 25.1 Å². The zero-order chi connectivity index (χ0) is 17.6.